The van der Waals surface area contributed by atoms with E-state index in [2.05, 4.69) is 14.9 Å². The number of hydrogen-bond acceptors (Lipinski definition) is 5. The molecule has 2 rings (SSSR count). The zero-order valence-corrected chi connectivity index (χ0v) is 11.3. The van der Waals surface area contributed by atoms with Gasteiger partial charge < -0.3 is 10.2 Å². The number of H-pyrrole nitrogens is 1. The lowest BCUT2D eigenvalue weighted by atomic mass is 10.3. The van der Waals surface area contributed by atoms with Gasteiger partial charge >= 0.3 is 0 Å². The molecule has 0 spiro atoms. The summed E-state index contributed by atoms with van der Waals surface area (Å²) in [5.41, 5.74) is 6.29. The molecule has 7 nitrogen and oxygen atoms in total. The lowest BCUT2D eigenvalue weighted by Crippen LogP contribution is -2.27. The summed E-state index contributed by atoms with van der Waals surface area (Å²) in [5, 5.41) is 6.50. The van der Waals surface area contributed by atoms with E-state index in [1.807, 2.05) is 0 Å². The third kappa shape index (κ3) is 3.03. The zero-order valence-electron chi connectivity index (χ0n) is 10.5. The molecule has 2 aromatic heterocycles. The molecule has 0 fully saturated rings. The summed E-state index contributed by atoms with van der Waals surface area (Å²) in [6.07, 6.45) is 2.04. The van der Waals surface area contributed by atoms with Crippen molar-refractivity contribution in [1.29, 1.82) is 0 Å². The van der Waals surface area contributed by atoms with Gasteiger partial charge in [0.1, 0.15) is 10.7 Å². The monoisotopic (exact) mass is 284 g/mol. The molecule has 0 bridgehead atoms. The number of nitrogens with zero attached hydrogens (tertiary/aromatic N) is 1. The first-order valence-corrected chi connectivity index (χ1v) is 7.29. The van der Waals surface area contributed by atoms with Crippen LogP contribution >= 0.6 is 0 Å². The van der Waals surface area contributed by atoms with Crippen molar-refractivity contribution in [2.24, 2.45) is 5.73 Å². The minimum absolute atomic E-state index is 0.0682. The van der Waals surface area contributed by atoms with Crippen LogP contribution in [0.4, 0.5) is 0 Å². The number of sulfonamides is 1. The van der Waals surface area contributed by atoms with Gasteiger partial charge in [-0.3, -0.25) is 5.10 Å². The molecule has 104 valence electrons. The molecule has 0 radical (unpaired) electrons. The highest BCUT2D eigenvalue weighted by Gasteiger charge is 2.23. The van der Waals surface area contributed by atoms with Gasteiger partial charge in [-0.15, -0.1) is 0 Å². The molecule has 0 aromatic carbocycles. The largest absolute Gasteiger partial charge is 0.469 e. The molecule has 0 saturated carbocycles. The summed E-state index contributed by atoms with van der Waals surface area (Å²) in [4.78, 5) is 0.134. The van der Waals surface area contributed by atoms with Crippen LogP contribution in [0.15, 0.2) is 27.7 Å². The lowest BCUT2D eigenvalue weighted by Gasteiger charge is -2.06. The Labute approximate surface area is 111 Å². The van der Waals surface area contributed by atoms with Crippen LogP contribution in [0.5, 0.6) is 0 Å². The van der Waals surface area contributed by atoms with Gasteiger partial charge in [-0.1, -0.05) is 0 Å². The van der Waals surface area contributed by atoms with Crippen molar-refractivity contribution < 1.29 is 12.8 Å². The molecule has 0 atom stereocenters. The second kappa shape index (κ2) is 5.55. The van der Waals surface area contributed by atoms with Gasteiger partial charge in [0, 0.05) is 19.5 Å². The molecule has 0 saturated heterocycles. The maximum Gasteiger partial charge on any atom is 0.244 e. The second-order valence-electron chi connectivity index (χ2n) is 4.06. The Bertz CT molecular complexity index is 631. The predicted molar refractivity (Wildman–Crippen MR) is 68.8 cm³/mol. The molecule has 2 heterocycles. The van der Waals surface area contributed by atoms with E-state index in [0.717, 1.165) is 5.76 Å². The van der Waals surface area contributed by atoms with Gasteiger partial charge in [0.15, 0.2) is 0 Å². The Balaban J connectivity index is 2.07. The molecule has 0 aliphatic rings. The summed E-state index contributed by atoms with van der Waals surface area (Å²) < 4.78 is 32.0. The van der Waals surface area contributed by atoms with Crippen molar-refractivity contribution in [2.45, 2.75) is 24.8 Å². The molecule has 0 aliphatic heterocycles. The number of nitrogens with one attached hydrogen (secondary N) is 2. The minimum atomic E-state index is -3.61. The van der Waals surface area contributed by atoms with E-state index in [4.69, 9.17) is 10.2 Å². The molecular formula is C11H16N4O3S. The Morgan fingerprint density at radius 1 is 1.53 bits per heavy atom. The Kier molecular flexibility index (Phi) is 4.03. The van der Waals surface area contributed by atoms with Crippen LogP contribution in [0.3, 0.4) is 0 Å². The number of aromatic nitrogens is 2. The summed E-state index contributed by atoms with van der Waals surface area (Å²) in [7, 11) is -3.61. The highest BCUT2D eigenvalue weighted by Crippen LogP contribution is 2.16. The maximum atomic E-state index is 12.2. The van der Waals surface area contributed by atoms with Crippen LogP contribution in [0.2, 0.25) is 0 Å². The number of aromatic amines is 1. The van der Waals surface area contributed by atoms with Crippen molar-refractivity contribution in [3.05, 3.63) is 35.5 Å². The molecular weight excluding hydrogens is 268 g/mol. The van der Waals surface area contributed by atoms with Crippen LogP contribution in [0.1, 0.15) is 17.1 Å². The standard InChI is InChI=1S/C11H16N4O3S/c1-8-11(10(7-12)15-14-8)19(16,17)13-5-4-9-3-2-6-18-9/h2-3,6,13H,4-5,7,12H2,1H3,(H,14,15). The molecule has 0 amide bonds. The highest BCUT2D eigenvalue weighted by molar-refractivity contribution is 7.89. The SMILES string of the molecule is Cc1[nH]nc(CN)c1S(=O)(=O)NCCc1ccco1. The fraction of sp³-hybridized carbons (Fsp3) is 0.364. The number of furan rings is 1. The van der Waals surface area contributed by atoms with E-state index >= 15 is 0 Å². The van der Waals surface area contributed by atoms with Crippen LogP contribution in [0, 0.1) is 6.92 Å². The van der Waals surface area contributed by atoms with E-state index in [1.165, 1.54) is 0 Å². The van der Waals surface area contributed by atoms with Crippen LogP contribution < -0.4 is 10.5 Å². The van der Waals surface area contributed by atoms with Gasteiger partial charge in [-0.05, 0) is 19.1 Å². The van der Waals surface area contributed by atoms with Crippen molar-refractivity contribution in [2.75, 3.05) is 6.54 Å². The number of nitrogens with two attached hydrogens (primary N) is 1. The average Bonchev–Trinajstić information content (AvgIpc) is 2.98. The Hall–Kier alpha value is -1.64. The number of hydrogen-bond donors (Lipinski definition) is 3. The topological polar surface area (TPSA) is 114 Å². The van der Waals surface area contributed by atoms with E-state index in [1.54, 1.807) is 25.3 Å². The van der Waals surface area contributed by atoms with Crippen molar-refractivity contribution in [3.63, 3.8) is 0 Å². The van der Waals surface area contributed by atoms with Crippen molar-refractivity contribution in [1.82, 2.24) is 14.9 Å². The fourth-order valence-electron chi connectivity index (χ4n) is 1.80. The lowest BCUT2D eigenvalue weighted by molar-refractivity contribution is 0.505. The quantitative estimate of drug-likeness (QED) is 0.705. The van der Waals surface area contributed by atoms with Crippen molar-refractivity contribution in [3.8, 4) is 0 Å². The Morgan fingerprint density at radius 3 is 2.95 bits per heavy atom. The summed E-state index contributed by atoms with van der Waals surface area (Å²) in [5.74, 6) is 0.727. The molecule has 0 unspecified atom stereocenters. The second-order valence-corrected chi connectivity index (χ2v) is 5.76. The van der Waals surface area contributed by atoms with Crippen LogP contribution in [-0.2, 0) is 23.0 Å². The van der Waals surface area contributed by atoms with Gasteiger partial charge in [0.05, 0.1) is 17.7 Å². The normalized spacial score (nSPS) is 11.9. The van der Waals surface area contributed by atoms with Crippen molar-refractivity contribution >= 4 is 10.0 Å². The highest BCUT2D eigenvalue weighted by atomic mass is 32.2. The first-order chi connectivity index (χ1) is 9.04. The summed E-state index contributed by atoms with van der Waals surface area (Å²) in [6.45, 7) is 1.97. The van der Waals surface area contributed by atoms with E-state index < -0.39 is 10.0 Å². The van der Waals surface area contributed by atoms with E-state index in [0.29, 0.717) is 17.8 Å². The van der Waals surface area contributed by atoms with Crippen LogP contribution in [0.25, 0.3) is 0 Å². The molecule has 0 aliphatic carbocycles. The predicted octanol–water partition coefficient (Wildman–Crippen LogP) is 0.291. The minimum Gasteiger partial charge on any atom is -0.469 e. The average molecular weight is 284 g/mol. The molecule has 2 aromatic rings. The number of aryl methyl sites for hydroxylation is 1. The first-order valence-electron chi connectivity index (χ1n) is 5.80. The van der Waals surface area contributed by atoms with E-state index in [9.17, 15) is 8.42 Å². The summed E-state index contributed by atoms with van der Waals surface area (Å²) >= 11 is 0. The third-order valence-corrected chi connectivity index (χ3v) is 4.33. The van der Waals surface area contributed by atoms with E-state index in [-0.39, 0.29) is 18.0 Å². The Morgan fingerprint density at radius 2 is 2.32 bits per heavy atom. The number of rotatable bonds is 6. The van der Waals surface area contributed by atoms with Gasteiger partial charge in [-0.2, -0.15) is 5.10 Å². The smallest absolute Gasteiger partial charge is 0.244 e. The fourth-order valence-corrected chi connectivity index (χ4v) is 3.20. The van der Waals surface area contributed by atoms with Gasteiger partial charge in [0.25, 0.3) is 0 Å². The first kappa shape index (κ1) is 13.8. The third-order valence-electron chi connectivity index (χ3n) is 2.67. The van der Waals surface area contributed by atoms with Crippen LogP contribution in [-0.4, -0.2) is 25.2 Å². The molecule has 8 heteroatoms. The molecule has 4 N–H and O–H groups in total. The van der Waals surface area contributed by atoms with Gasteiger partial charge in [0.2, 0.25) is 10.0 Å². The zero-order chi connectivity index (χ0) is 13.9. The summed E-state index contributed by atoms with van der Waals surface area (Å²) in [6, 6.07) is 3.55. The van der Waals surface area contributed by atoms with Gasteiger partial charge in [-0.25, -0.2) is 13.1 Å². The maximum absolute atomic E-state index is 12.2. The molecule has 19 heavy (non-hydrogen) atoms.